The Morgan fingerprint density at radius 2 is 2.22 bits per heavy atom. The quantitative estimate of drug-likeness (QED) is 0.728. The number of hydrogen-bond donors (Lipinski definition) is 3. The number of imide groups is 1. The molecule has 0 bridgehead atoms. The van der Waals surface area contributed by atoms with Crippen LogP contribution in [0.25, 0.3) is 0 Å². The zero-order valence-electron chi connectivity index (χ0n) is 9.64. The van der Waals surface area contributed by atoms with Crippen LogP contribution in [-0.4, -0.2) is 23.7 Å². The van der Waals surface area contributed by atoms with Crippen molar-refractivity contribution in [2.24, 2.45) is 5.73 Å². The number of rotatable bonds is 4. The highest BCUT2D eigenvalue weighted by molar-refractivity contribution is 5.94. The Bertz CT molecular complexity index is 462. The molecular formula is C11H13FN2O4. The van der Waals surface area contributed by atoms with Crippen LogP contribution in [0.2, 0.25) is 0 Å². The SMILES string of the molecule is CC(O)c1ccc(F)cc1OCC(=O)NC(N)=O. The predicted octanol–water partition coefficient (Wildman–Crippen LogP) is 0.453. The van der Waals surface area contributed by atoms with Gasteiger partial charge in [0.1, 0.15) is 11.6 Å². The van der Waals surface area contributed by atoms with Crippen molar-refractivity contribution in [1.29, 1.82) is 0 Å². The average molecular weight is 256 g/mol. The molecule has 0 fully saturated rings. The molecule has 0 saturated heterocycles. The molecule has 0 aliphatic rings. The molecule has 0 radical (unpaired) electrons. The van der Waals surface area contributed by atoms with Crippen molar-refractivity contribution in [3.63, 3.8) is 0 Å². The minimum atomic E-state index is -1.00. The van der Waals surface area contributed by atoms with Crippen LogP contribution in [0, 0.1) is 5.82 Å². The summed E-state index contributed by atoms with van der Waals surface area (Å²) in [5, 5.41) is 11.2. The first-order chi connectivity index (χ1) is 8.40. The first-order valence-electron chi connectivity index (χ1n) is 5.09. The van der Waals surface area contributed by atoms with Gasteiger partial charge in [-0.3, -0.25) is 10.1 Å². The lowest BCUT2D eigenvalue weighted by molar-refractivity contribution is -0.121. The second kappa shape index (κ2) is 5.97. The van der Waals surface area contributed by atoms with E-state index in [0.717, 1.165) is 6.07 Å². The zero-order chi connectivity index (χ0) is 13.7. The van der Waals surface area contributed by atoms with Crippen molar-refractivity contribution in [3.8, 4) is 5.75 Å². The van der Waals surface area contributed by atoms with E-state index in [0.29, 0.717) is 5.56 Å². The minimum absolute atomic E-state index is 0.0321. The lowest BCUT2D eigenvalue weighted by Crippen LogP contribution is -2.38. The maximum atomic E-state index is 13.0. The molecule has 0 aromatic heterocycles. The number of nitrogens with two attached hydrogens (primary N) is 1. The summed E-state index contributed by atoms with van der Waals surface area (Å²) in [5.74, 6) is -1.29. The molecule has 0 heterocycles. The van der Waals surface area contributed by atoms with Gasteiger partial charge in [-0.1, -0.05) is 0 Å². The Hall–Kier alpha value is -2.15. The van der Waals surface area contributed by atoms with Crippen LogP contribution in [-0.2, 0) is 4.79 Å². The molecule has 18 heavy (non-hydrogen) atoms. The van der Waals surface area contributed by atoms with Crippen LogP contribution in [0.1, 0.15) is 18.6 Å². The molecule has 7 heteroatoms. The Morgan fingerprint density at radius 3 is 2.78 bits per heavy atom. The maximum absolute atomic E-state index is 13.0. The highest BCUT2D eigenvalue weighted by Crippen LogP contribution is 2.25. The van der Waals surface area contributed by atoms with Crippen LogP contribution in [0.4, 0.5) is 9.18 Å². The van der Waals surface area contributed by atoms with E-state index in [1.54, 1.807) is 5.32 Å². The predicted molar refractivity (Wildman–Crippen MR) is 60.3 cm³/mol. The summed E-state index contributed by atoms with van der Waals surface area (Å²) in [6, 6.07) is 2.55. The Labute approximate surface area is 103 Å². The normalized spacial score (nSPS) is 11.7. The highest BCUT2D eigenvalue weighted by atomic mass is 19.1. The maximum Gasteiger partial charge on any atom is 0.318 e. The summed E-state index contributed by atoms with van der Waals surface area (Å²) in [7, 11) is 0. The van der Waals surface area contributed by atoms with Gasteiger partial charge >= 0.3 is 6.03 Å². The Morgan fingerprint density at radius 1 is 1.56 bits per heavy atom. The molecule has 6 nitrogen and oxygen atoms in total. The van der Waals surface area contributed by atoms with Gasteiger partial charge in [-0.2, -0.15) is 0 Å². The van der Waals surface area contributed by atoms with Gasteiger partial charge < -0.3 is 15.6 Å². The number of hydrogen-bond acceptors (Lipinski definition) is 4. The van der Waals surface area contributed by atoms with Crippen molar-refractivity contribution in [1.82, 2.24) is 5.32 Å². The molecule has 0 aliphatic carbocycles. The smallest absolute Gasteiger partial charge is 0.318 e. The molecule has 98 valence electrons. The van der Waals surface area contributed by atoms with E-state index < -0.39 is 30.5 Å². The van der Waals surface area contributed by atoms with E-state index in [1.165, 1.54) is 19.1 Å². The summed E-state index contributed by atoms with van der Waals surface area (Å²) in [6.07, 6.45) is -0.875. The number of aliphatic hydroxyl groups excluding tert-OH is 1. The molecule has 1 atom stereocenters. The van der Waals surface area contributed by atoms with Gasteiger partial charge in [0.2, 0.25) is 0 Å². The number of amides is 3. The lowest BCUT2D eigenvalue weighted by atomic mass is 10.1. The van der Waals surface area contributed by atoms with Gasteiger partial charge in [0.25, 0.3) is 5.91 Å². The van der Waals surface area contributed by atoms with Crippen molar-refractivity contribution >= 4 is 11.9 Å². The Balaban J connectivity index is 2.74. The van der Waals surface area contributed by atoms with Gasteiger partial charge in [-0.25, -0.2) is 9.18 Å². The third kappa shape index (κ3) is 4.02. The topological polar surface area (TPSA) is 102 Å². The molecule has 4 N–H and O–H groups in total. The van der Waals surface area contributed by atoms with Gasteiger partial charge in [0, 0.05) is 11.6 Å². The summed E-state index contributed by atoms with van der Waals surface area (Å²) in [6.45, 7) is 0.968. The molecule has 0 spiro atoms. The van der Waals surface area contributed by atoms with Crippen molar-refractivity contribution in [2.45, 2.75) is 13.0 Å². The fourth-order valence-corrected chi connectivity index (χ4v) is 1.30. The second-order valence-corrected chi connectivity index (χ2v) is 3.56. The third-order valence-electron chi connectivity index (χ3n) is 2.05. The molecule has 0 saturated carbocycles. The fourth-order valence-electron chi connectivity index (χ4n) is 1.30. The molecule has 1 rings (SSSR count). The number of carbonyl (C=O) groups excluding carboxylic acids is 2. The molecule has 1 unspecified atom stereocenters. The van der Waals surface area contributed by atoms with E-state index in [1.807, 2.05) is 0 Å². The van der Waals surface area contributed by atoms with Gasteiger partial charge in [-0.05, 0) is 19.1 Å². The van der Waals surface area contributed by atoms with Crippen LogP contribution in [0.15, 0.2) is 18.2 Å². The lowest BCUT2D eigenvalue weighted by Gasteiger charge is -2.12. The van der Waals surface area contributed by atoms with E-state index in [-0.39, 0.29) is 5.75 Å². The number of nitrogens with one attached hydrogen (secondary N) is 1. The van der Waals surface area contributed by atoms with Crippen molar-refractivity contribution in [2.75, 3.05) is 6.61 Å². The standard InChI is InChI=1S/C11H13FN2O4/c1-6(15)8-3-2-7(12)4-9(8)18-5-10(16)14-11(13)17/h2-4,6,15H,5H2,1H3,(H3,13,14,16,17). The number of aliphatic hydroxyl groups is 1. The summed E-state index contributed by atoms with van der Waals surface area (Å²) in [5.41, 5.74) is 5.07. The summed E-state index contributed by atoms with van der Waals surface area (Å²) >= 11 is 0. The van der Waals surface area contributed by atoms with Gasteiger partial charge in [0.15, 0.2) is 6.61 Å². The van der Waals surface area contributed by atoms with Crippen molar-refractivity contribution < 1.29 is 23.8 Å². The van der Waals surface area contributed by atoms with E-state index >= 15 is 0 Å². The highest BCUT2D eigenvalue weighted by Gasteiger charge is 2.12. The number of urea groups is 1. The minimum Gasteiger partial charge on any atom is -0.483 e. The molecular weight excluding hydrogens is 243 g/mol. The second-order valence-electron chi connectivity index (χ2n) is 3.56. The first-order valence-corrected chi connectivity index (χ1v) is 5.09. The number of ether oxygens (including phenoxy) is 1. The summed E-state index contributed by atoms with van der Waals surface area (Å²) < 4.78 is 18.0. The van der Waals surface area contributed by atoms with E-state index in [4.69, 9.17) is 10.5 Å². The van der Waals surface area contributed by atoms with Crippen LogP contribution in [0.5, 0.6) is 5.75 Å². The van der Waals surface area contributed by atoms with Crippen LogP contribution in [0.3, 0.4) is 0 Å². The van der Waals surface area contributed by atoms with Crippen LogP contribution < -0.4 is 15.8 Å². The first kappa shape index (κ1) is 13.9. The van der Waals surface area contributed by atoms with Gasteiger partial charge in [0.05, 0.1) is 6.10 Å². The molecule has 3 amide bonds. The largest absolute Gasteiger partial charge is 0.483 e. The molecule has 1 aromatic rings. The fraction of sp³-hybridized carbons (Fsp3) is 0.273. The number of primary amides is 1. The number of carbonyl (C=O) groups is 2. The van der Waals surface area contributed by atoms with E-state index in [9.17, 15) is 19.1 Å². The van der Waals surface area contributed by atoms with Gasteiger partial charge in [-0.15, -0.1) is 0 Å². The molecule has 1 aromatic carbocycles. The zero-order valence-corrected chi connectivity index (χ0v) is 9.64. The summed E-state index contributed by atoms with van der Waals surface area (Å²) in [4.78, 5) is 21.5. The monoisotopic (exact) mass is 256 g/mol. The van der Waals surface area contributed by atoms with Crippen LogP contribution >= 0.6 is 0 Å². The number of halogens is 1. The average Bonchev–Trinajstić information content (AvgIpc) is 2.25. The Kier molecular flexibility index (Phi) is 4.61. The van der Waals surface area contributed by atoms with E-state index in [2.05, 4.69) is 0 Å². The molecule has 0 aliphatic heterocycles. The number of benzene rings is 1. The third-order valence-corrected chi connectivity index (χ3v) is 2.05. The van der Waals surface area contributed by atoms with Crippen molar-refractivity contribution in [3.05, 3.63) is 29.6 Å².